The summed E-state index contributed by atoms with van der Waals surface area (Å²) in [4.78, 5) is 37.8. The number of carbonyl (C=O) groups is 3. The first-order valence-corrected chi connectivity index (χ1v) is 10.3. The van der Waals surface area contributed by atoms with Crippen LogP contribution >= 0.6 is 0 Å². The highest BCUT2D eigenvalue weighted by molar-refractivity contribution is 5.84. The van der Waals surface area contributed by atoms with E-state index in [1.54, 1.807) is 6.92 Å². The zero-order valence-corrected chi connectivity index (χ0v) is 18.4. The molecular formula is C21H34O8. The highest BCUT2D eigenvalue weighted by atomic mass is 16.7. The van der Waals surface area contributed by atoms with Crippen LogP contribution in [-0.4, -0.2) is 57.2 Å². The van der Waals surface area contributed by atoms with Crippen LogP contribution in [0.4, 0.5) is 0 Å². The van der Waals surface area contributed by atoms with Crippen molar-refractivity contribution in [1.29, 1.82) is 0 Å². The van der Waals surface area contributed by atoms with Gasteiger partial charge in [-0.05, 0) is 40.5 Å². The van der Waals surface area contributed by atoms with Crippen LogP contribution in [0.15, 0.2) is 0 Å². The first-order chi connectivity index (χ1) is 13.6. The first kappa shape index (κ1) is 23.6. The standard InChI is InChI=1S/C21H34O8/c1-8-21(4,5)20(24)29-17-13-10-12(16(17)28-11(3)27-9-2)14(18(22)25-6)15(13)19(23)26-7/h11-17H,8-10H2,1-7H3. The Bertz CT molecular complexity index is 616. The highest BCUT2D eigenvalue weighted by Gasteiger charge is 2.65. The Labute approximate surface area is 172 Å². The summed E-state index contributed by atoms with van der Waals surface area (Å²) >= 11 is 0. The van der Waals surface area contributed by atoms with Crippen molar-refractivity contribution in [3.05, 3.63) is 0 Å². The number of carbonyl (C=O) groups excluding carboxylic acids is 3. The lowest BCUT2D eigenvalue weighted by Crippen LogP contribution is -2.52. The minimum atomic E-state index is -0.734. The van der Waals surface area contributed by atoms with Crippen LogP contribution in [0.5, 0.6) is 0 Å². The topological polar surface area (TPSA) is 97.4 Å². The van der Waals surface area contributed by atoms with Gasteiger partial charge in [0.15, 0.2) is 6.29 Å². The molecule has 2 fully saturated rings. The molecule has 0 aromatic heterocycles. The minimum absolute atomic E-state index is 0.331. The molecule has 7 unspecified atom stereocenters. The summed E-state index contributed by atoms with van der Waals surface area (Å²) in [7, 11) is 2.58. The van der Waals surface area contributed by atoms with Gasteiger partial charge in [-0.3, -0.25) is 14.4 Å². The molecule has 0 radical (unpaired) electrons. The summed E-state index contributed by atoms with van der Waals surface area (Å²) in [6, 6.07) is 0. The third kappa shape index (κ3) is 4.58. The molecule has 0 N–H and O–H groups in total. The molecule has 8 nitrogen and oxygen atoms in total. The van der Waals surface area contributed by atoms with Crippen LogP contribution in [0, 0.1) is 29.1 Å². The Kier molecular flexibility index (Phi) is 7.67. The van der Waals surface area contributed by atoms with Crippen molar-refractivity contribution in [3.63, 3.8) is 0 Å². The zero-order chi connectivity index (χ0) is 21.9. The molecule has 0 amide bonds. The van der Waals surface area contributed by atoms with Crippen molar-refractivity contribution in [2.75, 3.05) is 20.8 Å². The highest BCUT2D eigenvalue weighted by Crippen LogP contribution is 2.55. The maximum Gasteiger partial charge on any atom is 0.311 e. The van der Waals surface area contributed by atoms with E-state index >= 15 is 0 Å². The number of hydrogen-bond donors (Lipinski definition) is 0. The van der Waals surface area contributed by atoms with Crippen LogP contribution in [0.1, 0.15) is 47.5 Å². The molecule has 7 atom stereocenters. The molecule has 2 rings (SSSR count). The van der Waals surface area contributed by atoms with E-state index in [9.17, 15) is 14.4 Å². The van der Waals surface area contributed by atoms with Crippen molar-refractivity contribution in [1.82, 2.24) is 0 Å². The van der Waals surface area contributed by atoms with Crippen LogP contribution in [0.2, 0.25) is 0 Å². The smallest absolute Gasteiger partial charge is 0.311 e. The second kappa shape index (κ2) is 9.43. The summed E-state index contributed by atoms with van der Waals surface area (Å²) in [6.45, 7) is 9.62. The van der Waals surface area contributed by atoms with Gasteiger partial charge in [-0.15, -0.1) is 0 Å². The SMILES string of the molecule is CCOC(C)OC1C2CC(C1OC(=O)C(C)(C)CC)C(C(=O)OC)C2C(=O)OC. The first-order valence-electron chi connectivity index (χ1n) is 10.3. The van der Waals surface area contributed by atoms with Gasteiger partial charge in [-0.25, -0.2) is 0 Å². The average molecular weight is 414 g/mol. The summed E-state index contributed by atoms with van der Waals surface area (Å²) in [5, 5.41) is 0. The number of hydrogen-bond acceptors (Lipinski definition) is 8. The van der Waals surface area contributed by atoms with Crippen LogP contribution in [0.3, 0.4) is 0 Å². The largest absolute Gasteiger partial charge is 0.469 e. The maximum absolute atomic E-state index is 12.8. The van der Waals surface area contributed by atoms with Crippen molar-refractivity contribution >= 4 is 17.9 Å². The second-order valence-corrected chi connectivity index (χ2v) is 8.39. The van der Waals surface area contributed by atoms with Crippen LogP contribution in [-0.2, 0) is 38.1 Å². The molecular weight excluding hydrogens is 380 g/mol. The van der Waals surface area contributed by atoms with E-state index in [0.29, 0.717) is 19.4 Å². The van der Waals surface area contributed by atoms with E-state index in [2.05, 4.69) is 0 Å². The Morgan fingerprint density at radius 2 is 1.48 bits per heavy atom. The molecule has 2 aliphatic rings. The van der Waals surface area contributed by atoms with Gasteiger partial charge in [-0.1, -0.05) is 6.92 Å². The van der Waals surface area contributed by atoms with Gasteiger partial charge in [0.25, 0.3) is 0 Å². The third-order valence-electron chi connectivity index (χ3n) is 6.40. The monoisotopic (exact) mass is 414 g/mol. The van der Waals surface area contributed by atoms with Crippen LogP contribution in [0.25, 0.3) is 0 Å². The van der Waals surface area contributed by atoms with E-state index in [1.165, 1.54) is 14.2 Å². The molecule has 29 heavy (non-hydrogen) atoms. The minimum Gasteiger partial charge on any atom is -0.469 e. The van der Waals surface area contributed by atoms with Crippen molar-refractivity contribution in [3.8, 4) is 0 Å². The fourth-order valence-corrected chi connectivity index (χ4v) is 4.47. The summed E-state index contributed by atoms with van der Waals surface area (Å²) < 4.78 is 27.4. The lowest BCUT2D eigenvalue weighted by molar-refractivity contribution is -0.219. The molecule has 0 spiro atoms. The van der Waals surface area contributed by atoms with Crippen molar-refractivity contribution < 1.29 is 38.1 Å². The van der Waals surface area contributed by atoms with Crippen molar-refractivity contribution in [2.45, 2.75) is 66.0 Å². The third-order valence-corrected chi connectivity index (χ3v) is 6.40. The van der Waals surface area contributed by atoms with Gasteiger partial charge in [0.05, 0.1) is 31.5 Å². The molecule has 0 saturated heterocycles. The lowest BCUT2D eigenvalue weighted by Gasteiger charge is -2.39. The number of fused-ring (bicyclic) bond motifs is 2. The van der Waals surface area contributed by atoms with E-state index < -0.39 is 47.7 Å². The maximum atomic E-state index is 12.8. The Balaban J connectivity index is 2.36. The molecule has 2 bridgehead atoms. The number of esters is 3. The van der Waals surface area contributed by atoms with Gasteiger partial charge in [-0.2, -0.15) is 0 Å². The van der Waals surface area contributed by atoms with Gasteiger partial charge < -0.3 is 23.7 Å². The van der Waals surface area contributed by atoms with E-state index in [-0.39, 0.29) is 17.8 Å². The zero-order valence-electron chi connectivity index (χ0n) is 18.4. The fraction of sp³-hybridized carbons (Fsp3) is 0.857. The van der Waals surface area contributed by atoms with Gasteiger partial charge >= 0.3 is 17.9 Å². The molecule has 0 aliphatic heterocycles. The molecule has 0 aromatic carbocycles. The van der Waals surface area contributed by atoms with E-state index in [4.69, 9.17) is 23.7 Å². The molecule has 0 heterocycles. The summed E-state index contributed by atoms with van der Waals surface area (Å²) in [5.41, 5.74) is -0.666. The fourth-order valence-electron chi connectivity index (χ4n) is 4.47. The van der Waals surface area contributed by atoms with Gasteiger partial charge in [0, 0.05) is 18.4 Å². The molecule has 2 aliphatic carbocycles. The van der Waals surface area contributed by atoms with E-state index in [0.717, 1.165) is 0 Å². The second-order valence-electron chi connectivity index (χ2n) is 8.39. The molecule has 2 saturated carbocycles. The lowest BCUT2D eigenvalue weighted by atomic mass is 9.76. The van der Waals surface area contributed by atoms with Crippen LogP contribution < -0.4 is 0 Å². The quantitative estimate of drug-likeness (QED) is 0.322. The predicted molar refractivity (Wildman–Crippen MR) is 103 cm³/mol. The Hall–Kier alpha value is -1.67. The normalized spacial score (nSPS) is 32.0. The Morgan fingerprint density at radius 1 is 0.966 bits per heavy atom. The van der Waals surface area contributed by atoms with Crippen molar-refractivity contribution in [2.24, 2.45) is 29.1 Å². The summed E-state index contributed by atoms with van der Waals surface area (Å²) in [6.07, 6.45) is -0.652. The van der Waals surface area contributed by atoms with E-state index in [1.807, 2.05) is 27.7 Å². The average Bonchev–Trinajstić information content (AvgIpc) is 3.23. The number of rotatable bonds is 9. The van der Waals surface area contributed by atoms with Gasteiger partial charge in [0.2, 0.25) is 0 Å². The Morgan fingerprint density at radius 3 is 1.93 bits per heavy atom. The number of methoxy groups -OCH3 is 2. The predicted octanol–water partition coefficient (Wildman–Crippen LogP) is 2.33. The molecule has 0 aromatic rings. The number of ether oxygens (including phenoxy) is 5. The van der Waals surface area contributed by atoms with Gasteiger partial charge in [0.1, 0.15) is 12.2 Å². The summed E-state index contributed by atoms with van der Waals surface area (Å²) in [5.74, 6) is -3.49. The molecule has 166 valence electrons. The molecule has 8 heteroatoms.